The third-order valence-electron chi connectivity index (χ3n) is 9.21. The summed E-state index contributed by atoms with van der Waals surface area (Å²) in [6.07, 6.45) is 9.75. The molecule has 2 aliphatic heterocycles. The number of anilines is 1. The number of hydrogen-bond acceptors (Lipinski definition) is 3. The quantitative estimate of drug-likeness (QED) is 0.173. The van der Waals surface area contributed by atoms with Crippen molar-refractivity contribution in [3.05, 3.63) is 108 Å². The smallest absolute Gasteiger partial charge is 0.0777 e. The van der Waals surface area contributed by atoms with Crippen molar-refractivity contribution in [1.29, 1.82) is 0 Å². The first kappa shape index (κ1) is 29.5. The molecule has 0 N–H and O–H groups in total. The number of allylic oxidation sites excluding steroid dienone is 2. The Morgan fingerprint density at radius 3 is 2.47 bits per heavy atom. The summed E-state index contributed by atoms with van der Waals surface area (Å²) in [7, 11) is 0. The Morgan fingerprint density at radius 2 is 1.70 bits per heavy atom. The normalized spacial score (nSPS) is 18.8. The van der Waals surface area contributed by atoms with E-state index in [0.717, 1.165) is 34.1 Å². The molecule has 5 heteroatoms. The van der Waals surface area contributed by atoms with Gasteiger partial charge in [0.1, 0.15) is 0 Å². The number of para-hydroxylation sites is 1. The molecule has 1 fully saturated rings. The maximum absolute atomic E-state index is 4.96. The van der Waals surface area contributed by atoms with Gasteiger partial charge in [-0.1, -0.05) is 37.1 Å². The third kappa shape index (κ3) is 5.17. The predicted molar refractivity (Wildman–Crippen MR) is 173 cm³/mol. The van der Waals surface area contributed by atoms with Crippen LogP contribution in [-0.2, 0) is 20.1 Å². The van der Waals surface area contributed by atoms with Crippen LogP contribution in [0.25, 0.3) is 39.3 Å². The average Bonchev–Trinajstić information content (AvgIpc) is 3.70. The maximum atomic E-state index is 4.96. The fraction of sp³-hybridized carbons (Fsp3) is 0.316. The molecule has 1 saturated carbocycles. The van der Waals surface area contributed by atoms with Gasteiger partial charge in [0.2, 0.25) is 0 Å². The van der Waals surface area contributed by atoms with Crippen molar-refractivity contribution in [3.8, 4) is 22.6 Å². The van der Waals surface area contributed by atoms with Crippen LogP contribution < -0.4 is 4.90 Å². The molecular formula is C38H38IrN4-2. The van der Waals surface area contributed by atoms with Gasteiger partial charge in [-0.15, -0.1) is 65.7 Å². The molecule has 1 aliphatic carbocycles. The monoisotopic (exact) mass is 743 g/mol. The van der Waals surface area contributed by atoms with Gasteiger partial charge in [-0.3, -0.25) is 4.98 Å². The van der Waals surface area contributed by atoms with E-state index in [1.165, 1.54) is 48.0 Å². The topological polar surface area (TPSA) is 34.0 Å². The first-order valence-electron chi connectivity index (χ1n) is 15.5. The minimum atomic E-state index is 0. The average molecular weight is 743 g/mol. The van der Waals surface area contributed by atoms with E-state index in [-0.39, 0.29) is 20.1 Å². The second-order valence-corrected chi connectivity index (χ2v) is 12.1. The van der Waals surface area contributed by atoms with Gasteiger partial charge < -0.3 is 14.5 Å². The van der Waals surface area contributed by atoms with Gasteiger partial charge >= 0.3 is 0 Å². The summed E-state index contributed by atoms with van der Waals surface area (Å²) in [5.41, 5.74) is 11.2. The van der Waals surface area contributed by atoms with Crippen LogP contribution in [0.5, 0.6) is 0 Å². The fourth-order valence-electron chi connectivity index (χ4n) is 7.40. The van der Waals surface area contributed by atoms with E-state index in [0.29, 0.717) is 18.1 Å². The van der Waals surface area contributed by atoms with Crippen LogP contribution in [0.2, 0.25) is 0 Å². The largest absolute Gasteiger partial charge is 0.403 e. The maximum Gasteiger partial charge on any atom is 0.0777 e. The minimum absolute atomic E-state index is 0. The summed E-state index contributed by atoms with van der Waals surface area (Å²) < 4.78 is 2.40. The molecule has 221 valence electrons. The fourth-order valence-corrected chi connectivity index (χ4v) is 7.40. The van der Waals surface area contributed by atoms with Gasteiger partial charge in [0.15, 0.2) is 0 Å². The number of aromatic nitrogens is 3. The van der Waals surface area contributed by atoms with Crippen molar-refractivity contribution in [2.75, 3.05) is 4.90 Å². The number of fused-ring (bicyclic) bond motifs is 3. The first-order valence-corrected chi connectivity index (χ1v) is 15.5. The van der Waals surface area contributed by atoms with E-state index in [1.54, 1.807) is 5.57 Å². The van der Waals surface area contributed by atoms with E-state index in [1.807, 2.05) is 30.5 Å². The number of nitrogens with zero attached hydrogens (tertiary/aromatic N) is 4. The van der Waals surface area contributed by atoms with Gasteiger partial charge in [0.25, 0.3) is 0 Å². The Hall–Kier alpha value is -3.53. The molecule has 1 radical (unpaired) electrons. The summed E-state index contributed by atoms with van der Waals surface area (Å²) >= 11 is 0. The SMILES string of the molecule is CC(C)N1c2ccc[c-]c2-c2ncccc2C1C.CC1C=C(C2CCCC2)c2cccc3nc(-c4[c-]cccc4)n1c23.[Ir]. The van der Waals surface area contributed by atoms with Gasteiger partial charge in [-0.2, -0.15) is 0 Å². The summed E-state index contributed by atoms with van der Waals surface area (Å²) in [6.45, 7) is 9.00. The number of pyridine rings is 1. The molecule has 3 aromatic carbocycles. The van der Waals surface area contributed by atoms with Gasteiger partial charge in [0, 0.05) is 50.0 Å². The summed E-state index contributed by atoms with van der Waals surface area (Å²) in [6, 6.07) is 33.0. The molecule has 3 aliphatic rings. The van der Waals surface area contributed by atoms with Crippen molar-refractivity contribution in [3.63, 3.8) is 0 Å². The van der Waals surface area contributed by atoms with Crippen LogP contribution >= 0.6 is 0 Å². The first-order chi connectivity index (χ1) is 20.5. The molecule has 4 nitrogen and oxygen atoms in total. The van der Waals surface area contributed by atoms with Crippen molar-refractivity contribution >= 4 is 22.3 Å². The summed E-state index contributed by atoms with van der Waals surface area (Å²) in [5.74, 6) is 1.76. The van der Waals surface area contributed by atoms with E-state index in [4.69, 9.17) is 4.98 Å². The van der Waals surface area contributed by atoms with Crippen LogP contribution in [-0.4, -0.2) is 20.6 Å². The standard InChI is InChI=1S/C22H21N2.C16H17N2.Ir/c1-15-14-19(16-8-5-6-9-16)18-12-7-13-20-21(18)24(15)22(23-20)17-10-3-2-4-11-17;1-11(2)18-12(3)13-8-6-10-17-16(13)14-7-4-5-9-15(14)18;/h2-4,7,10,12-16H,5-6,8-9H2,1H3;4-6,8-12H,1-3H3;/q2*-1;. The zero-order valence-corrected chi connectivity index (χ0v) is 27.7. The molecule has 43 heavy (non-hydrogen) atoms. The van der Waals surface area contributed by atoms with Crippen LogP contribution in [0.4, 0.5) is 5.69 Å². The molecular weight excluding hydrogens is 705 g/mol. The van der Waals surface area contributed by atoms with E-state index >= 15 is 0 Å². The van der Waals surface area contributed by atoms with Gasteiger partial charge in [-0.25, -0.2) is 0 Å². The zero-order chi connectivity index (χ0) is 28.8. The van der Waals surface area contributed by atoms with E-state index < -0.39 is 0 Å². The number of imidazole rings is 1. The van der Waals surface area contributed by atoms with Crippen LogP contribution in [0.15, 0.2) is 85.1 Å². The molecule has 0 bridgehead atoms. The number of benzene rings is 3. The number of hydrogen-bond donors (Lipinski definition) is 0. The Kier molecular flexibility index (Phi) is 8.40. The molecule has 2 atom stereocenters. The predicted octanol–water partition coefficient (Wildman–Crippen LogP) is 9.49. The Morgan fingerprint density at radius 1 is 0.884 bits per heavy atom. The Labute approximate surface area is 269 Å². The van der Waals surface area contributed by atoms with Crippen LogP contribution in [0.1, 0.15) is 76.6 Å². The van der Waals surface area contributed by atoms with Crippen molar-refractivity contribution in [1.82, 2.24) is 14.5 Å². The van der Waals surface area contributed by atoms with Gasteiger partial charge in [0.05, 0.1) is 16.9 Å². The Bertz CT molecular complexity index is 1760. The molecule has 4 heterocycles. The third-order valence-corrected chi connectivity index (χ3v) is 9.21. The molecule has 2 aromatic heterocycles. The van der Waals surface area contributed by atoms with Crippen LogP contribution in [0, 0.1) is 18.1 Å². The van der Waals surface area contributed by atoms with Crippen molar-refractivity contribution in [2.45, 2.75) is 71.5 Å². The van der Waals surface area contributed by atoms with E-state index in [9.17, 15) is 0 Å². The summed E-state index contributed by atoms with van der Waals surface area (Å²) in [5, 5.41) is 0. The summed E-state index contributed by atoms with van der Waals surface area (Å²) in [4.78, 5) is 12.0. The van der Waals surface area contributed by atoms with E-state index in [2.05, 4.69) is 109 Å². The van der Waals surface area contributed by atoms with Crippen LogP contribution in [0.3, 0.4) is 0 Å². The molecule has 0 spiro atoms. The van der Waals surface area contributed by atoms with Crippen molar-refractivity contribution < 1.29 is 20.1 Å². The van der Waals surface area contributed by atoms with Crippen molar-refractivity contribution in [2.24, 2.45) is 5.92 Å². The molecule has 5 aromatic rings. The van der Waals surface area contributed by atoms with Gasteiger partial charge in [-0.05, 0) is 81.1 Å². The number of rotatable bonds is 3. The molecule has 2 unspecified atom stereocenters. The molecule has 0 amide bonds. The Balaban J connectivity index is 0.000000156. The zero-order valence-electron chi connectivity index (χ0n) is 25.3. The minimum Gasteiger partial charge on any atom is -0.403 e. The second kappa shape index (κ2) is 12.2. The second-order valence-electron chi connectivity index (χ2n) is 12.1. The molecule has 0 saturated heterocycles. The molecule has 8 rings (SSSR count).